The van der Waals surface area contributed by atoms with Gasteiger partial charge in [-0.3, -0.25) is 4.79 Å². The highest BCUT2D eigenvalue weighted by Crippen LogP contribution is 2.32. The fourth-order valence-corrected chi connectivity index (χ4v) is 3.58. The van der Waals surface area contributed by atoms with E-state index in [0.717, 1.165) is 51.4 Å². The third-order valence-corrected chi connectivity index (χ3v) is 5.18. The van der Waals surface area contributed by atoms with Gasteiger partial charge in [-0.25, -0.2) is 9.78 Å². The van der Waals surface area contributed by atoms with E-state index in [2.05, 4.69) is 0 Å². The van der Waals surface area contributed by atoms with Crippen molar-refractivity contribution in [2.24, 2.45) is 11.7 Å². The Morgan fingerprint density at radius 1 is 0.840 bits per heavy atom. The Morgan fingerprint density at radius 3 is 1.96 bits per heavy atom. The number of unbranched alkanes of at least 4 members (excludes halogenated alkanes) is 2. The van der Waals surface area contributed by atoms with Gasteiger partial charge < -0.3 is 5.73 Å². The van der Waals surface area contributed by atoms with E-state index in [-0.39, 0.29) is 11.8 Å². The van der Waals surface area contributed by atoms with Crippen LogP contribution in [0.25, 0.3) is 0 Å². The van der Waals surface area contributed by atoms with E-state index in [9.17, 15) is 4.79 Å². The first-order valence-corrected chi connectivity index (χ1v) is 10.1. The number of hydrogen-bond acceptors (Lipinski definition) is 5. The van der Waals surface area contributed by atoms with Crippen LogP contribution in [0.3, 0.4) is 0 Å². The van der Waals surface area contributed by atoms with Crippen LogP contribution in [-0.2, 0) is 24.3 Å². The summed E-state index contributed by atoms with van der Waals surface area (Å²) < 4.78 is 0. The number of carbonyl (C=O) groups is 1. The van der Waals surface area contributed by atoms with Gasteiger partial charge in [0.25, 0.3) is 0 Å². The number of primary amides is 1. The molecule has 0 aromatic heterocycles. The first-order chi connectivity index (χ1) is 12.2. The molecule has 0 atom stereocenters. The zero-order valence-corrected chi connectivity index (χ0v) is 15.5. The van der Waals surface area contributed by atoms with Crippen LogP contribution < -0.4 is 5.73 Å². The molecule has 0 radical (unpaired) electrons. The molecule has 2 N–H and O–H groups in total. The molecule has 6 nitrogen and oxygen atoms in total. The lowest BCUT2D eigenvalue weighted by Gasteiger charge is -2.34. The number of hydrogen-bond donors (Lipinski definition) is 1. The van der Waals surface area contributed by atoms with Gasteiger partial charge >= 0.3 is 0 Å². The molecule has 1 aliphatic heterocycles. The van der Waals surface area contributed by atoms with Crippen LogP contribution in [-0.4, -0.2) is 24.9 Å². The summed E-state index contributed by atoms with van der Waals surface area (Å²) in [4.78, 5) is 33.3. The van der Waals surface area contributed by atoms with Crippen molar-refractivity contribution in [2.75, 3.05) is 13.2 Å². The fourth-order valence-electron chi connectivity index (χ4n) is 3.58. The quantitative estimate of drug-likeness (QED) is 0.570. The zero-order valence-electron chi connectivity index (χ0n) is 15.5. The SMILES string of the molecule is NC(=O)CCCCCC1COOC2(CCCCCCCCC2)OOC1. The molecule has 0 bridgehead atoms. The standard InChI is InChI=1S/C19H35NO5/c20-18(21)12-8-6-7-11-17-15-22-24-19(25-23-16-17)13-9-4-2-1-3-5-10-14-19/h17H,1-16H2,(H2,20,21). The molecule has 0 aromatic rings. The summed E-state index contributed by atoms with van der Waals surface area (Å²) in [5.74, 6) is -0.704. The molecular weight excluding hydrogens is 322 g/mol. The minimum atomic E-state index is -0.732. The number of amides is 1. The summed E-state index contributed by atoms with van der Waals surface area (Å²) in [5, 5.41) is 0. The molecule has 0 aromatic carbocycles. The van der Waals surface area contributed by atoms with Crippen LogP contribution in [0.1, 0.15) is 89.9 Å². The molecular formula is C19H35NO5. The monoisotopic (exact) mass is 357 g/mol. The molecule has 2 aliphatic rings. The summed E-state index contributed by atoms with van der Waals surface area (Å²) in [7, 11) is 0. The normalized spacial score (nSPS) is 23.7. The molecule has 1 spiro atoms. The molecule has 146 valence electrons. The topological polar surface area (TPSA) is 80.0 Å². The predicted octanol–water partition coefficient (Wildman–Crippen LogP) is 4.17. The molecule has 1 saturated carbocycles. The van der Waals surface area contributed by atoms with Gasteiger partial charge in [-0.05, 0) is 25.7 Å². The third kappa shape index (κ3) is 8.49. The summed E-state index contributed by atoms with van der Waals surface area (Å²) in [6.45, 7) is 1.06. The maximum atomic E-state index is 10.7. The van der Waals surface area contributed by atoms with Gasteiger partial charge in [0.15, 0.2) is 0 Å². The lowest BCUT2D eigenvalue weighted by atomic mass is 9.97. The van der Waals surface area contributed by atoms with Crippen molar-refractivity contribution >= 4 is 5.91 Å². The molecule has 1 aliphatic carbocycles. The maximum Gasteiger partial charge on any atom is 0.233 e. The molecule has 25 heavy (non-hydrogen) atoms. The smallest absolute Gasteiger partial charge is 0.233 e. The molecule has 1 saturated heterocycles. The maximum absolute atomic E-state index is 10.7. The van der Waals surface area contributed by atoms with Gasteiger partial charge in [0, 0.05) is 25.2 Å². The molecule has 2 fully saturated rings. The predicted molar refractivity (Wildman–Crippen MR) is 94.1 cm³/mol. The molecule has 6 heteroatoms. The summed E-state index contributed by atoms with van der Waals surface area (Å²) in [6.07, 6.45) is 14.4. The third-order valence-electron chi connectivity index (χ3n) is 5.18. The van der Waals surface area contributed by atoms with E-state index in [1.165, 1.54) is 32.1 Å². The molecule has 2 rings (SSSR count). The van der Waals surface area contributed by atoms with Crippen molar-refractivity contribution < 1.29 is 24.3 Å². The van der Waals surface area contributed by atoms with Crippen molar-refractivity contribution in [2.45, 2.75) is 95.7 Å². The Labute approximate surface area is 151 Å². The van der Waals surface area contributed by atoms with Gasteiger partial charge in [0.05, 0.1) is 13.2 Å². The molecule has 1 heterocycles. The Hall–Kier alpha value is -0.690. The summed E-state index contributed by atoms with van der Waals surface area (Å²) >= 11 is 0. The van der Waals surface area contributed by atoms with E-state index in [0.29, 0.717) is 19.6 Å². The second-order valence-electron chi connectivity index (χ2n) is 7.55. The Kier molecular flexibility index (Phi) is 9.76. The van der Waals surface area contributed by atoms with Gasteiger partial charge in [-0.15, -0.1) is 0 Å². The highest BCUT2D eigenvalue weighted by atomic mass is 17.3. The number of rotatable bonds is 6. The van der Waals surface area contributed by atoms with Crippen LogP contribution in [0.4, 0.5) is 0 Å². The van der Waals surface area contributed by atoms with Crippen LogP contribution in [0.15, 0.2) is 0 Å². The van der Waals surface area contributed by atoms with Crippen molar-refractivity contribution in [3.63, 3.8) is 0 Å². The Morgan fingerprint density at radius 2 is 1.40 bits per heavy atom. The lowest BCUT2D eigenvalue weighted by molar-refractivity contribution is -0.531. The average Bonchev–Trinajstić information content (AvgIpc) is 2.57. The van der Waals surface area contributed by atoms with Gasteiger partial charge in [0.1, 0.15) is 0 Å². The number of carbonyl (C=O) groups excluding carboxylic acids is 1. The fraction of sp³-hybridized carbons (Fsp3) is 0.947. The highest BCUT2D eigenvalue weighted by Gasteiger charge is 2.37. The first kappa shape index (κ1) is 20.6. The van der Waals surface area contributed by atoms with E-state index in [1.54, 1.807) is 0 Å². The van der Waals surface area contributed by atoms with Crippen LogP contribution in [0, 0.1) is 5.92 Å². The van der Waals surface area contributed by atoms with E-state index >= 15 is 0 Å². The van der Waals surface area contributed by atoms with E-state index < -0.39 is 5.79 Å². The highest BCUT2D eigenvalue weighted by molar-refractivity contribution is 5.73. The van der Waals surface area contributed by atoms with E-state index in [1.807, 2.05) is 0 Å². The molecule has 1 amide bonds. The summed E-state index contributed by atoms with van der Waals surface area (Å²) in [5.41, 5.74) is 5.15. The molecule has 0 unspecified atom stereocenters. The van der Waals surface area contributed by atoms with Gasteiger partial charge in [0.2, 0.25) is 11.7 Å². The minimum absolute atomic E-state index is 0.226. The summed E-state index contributed by atoms with van der Waals surface area (Å²) in [6, 6.07) is 0. The average molecular weight is 357 g/mol. The van der Waals surface area contributed by atoms with Crippen LogP contribution >= 0.6 is 0 Å². The number of nitrogens with two attached hydrogens (primary N) is 1. The Bertz CT molecular complexity index is 355. The van der Waals surface area contributed by atoms with Crippen LogP contribution in [0.2, 0.25) is 0 Å². The Balaban J connectivity index is 1.69. The van der Waals surface area contributed by atoms with E-state index in [4.69, 9.17) is 25.3 Å². The minimum Gasteiger partial charge on any atom is -0.370 e. The zero-order chi connectivity index (χ0) is 17.8. The second-order valence-corrected chi connectivity index (χ2v) is 7.55. The van der Waals surface area contributed by atoms with Gasteiger partial charge in [-0.2, -0.15) is 9.78 Å². The largest absolute Gasteiger partial charge is 0.370 e. The van der Waals surface area contributed by atoms with Gasteiger partial charge in [-0.1, -0.05) is 44.9 Å². The first-order valence-electron chi connectivity index (χ1n) is 10.1. The van der Waals surface area contributed by atoms with Crippen LogP contribution in [0.5, 0.6) is 0 Å². The van der Waals surface area contributed by atoms with Crippen molar-refractivity contribution in [3.8, 4) is 0 Å². The van der Waals surface area contributed by atoms with Crippen molar-refractivity contribution in [1.29, 1.82) is 0 Å². The lowest BCUT2D eigenvalue weighted by Crippen LogP contribution is -2.40. The van der Waals surface area contributed by atoms with Crippen molar-refractivity contribution in [3.05, 3.63) is 0 Å². The van der Waals surface area contributed by atoms with Crippen molar-refractivity contribution in [1.82, 2.24) is 0 Å². The second kappa shape index (κ2) is 11.8.